The van der Waals surface area contributed by atoms with Crippen molar-refractivity contribution in [3.8, 4) is 0 Å². The van der Waals surface area contributed by atoms with E-state index < -0.39 is 0 Å². The number of carbonyl (C=O) groups excluding carboxylic acids is 1. The number of amides is 1. The fraction of sp³-hybridized carbons (Fsp3) is 0.900. The van der Waals surface area contributed by atoms with Crippen molar-refractivity contribution in [1.29, 1.82) is 0 Å². The zero-order valence-electron chi connectivity index (χ0n) is 8.74. The summed E-state index contributed by atoms with van der Waals surface area (Å²) in [6, 6.07) is 0. The van der Waals surface area contributed by atoms with Crippen LogP contribution in [0.5, 0.6) is 0 Å². The quantitative estimate of drug-likeness (QED) is 0.716. The van der Waals surface area contributed by atoms with E-state index in [0.29, 0.717) is 39.1 Å². The lowest BCUT2D eigenvalue weighted by atomic mass is 10.1. The van der Waals surface area contributed by atoms with E-state index in [9.17, 15) is 4.79 Å². The van der Waals surface area contributed by atoms with Gasteiger partial charge in [0, 0.05) is 19.5 Å². The molecule has 82 valence electrons. The van der Waals surface area contributed by atoms with Crippen molar-refractivity contribution in [2.75, 3.05) is 26.3 Å². The van der Waals surface area contributed by atoms with Crippen LogP contribution in [0.25, 0.3) is 0 Å². The third-order valence-electron chi connectivity index (χ3n) is 2.38. The number of aliphatic hydroxyl groups is 1. The van der Waals surface area contributed by atoms with E-state index in [1.165, 1.54) is 0 Å². The molecule has 1 heterocycles. The number of carbonyl (C=O) groups is 1. The van der Waals surface area contributed by atoms with Crippen molar-refractivity contribution in [1.82, 2.24) is 4.90 Å². The van der Waals surface area contributed by atoms with Crippen molar-refractivity contribution in [3.63, 3.8) is 0 Å². The average molecular weight is 201 g/mol. The summed E-state index contributed by atoms with van der Waals surface area (Å²) >= 11 is 0. The maximum Gasteiger partial charge on any atom is 0.222 e. The topological polar surface area (TPSA) is 49.8 Å². The first-order valence-electron chi connectivity index (χ1n) is 5.23. The van der Waals surface area contributed by atoms with Crippen LogP contribution < -0.4 is 0 Å². The van der Waals surface area contributed by atoms with Crippen LogP contribution in [0, 0.1) is 0 Å². The molecule has 0 saturated carbocycles. The van der Waals surface area contributed by atoms with Crippen LogP contribution in [0.4, 0.5) is 0 Å². The van der Waals surface area contributed by atoms with Gasteiger partial charge in [-0.3, -0.25) is 4.79 Å². The van der Waals surface area contributed by atoms with Gasteiger partial charge in [0.25, 0.3) is 0 Å². The Kier molecular flexibility index (Phi) is 4.90. The van der Waals surface area contributed by atoms with Gasteiger partial charge in [-0.25, -0.2) is 0 Å². The Labute approximate surface area is 84.8 Å². The molecule has 14 heavy (non-hydrogen) atoms. The van der Waals surface area contributed by atoms with Crippen LogP contribution in [0.2, 0.25) is 0 Å². The number of ether oxygens (including phenoxy) is 1. The maximum atomic E-state index is 11.6. The van der Waals surface area contributed by atoms with Gasteiger partial charge >= 0.3 is 0 Å². The maximum absolute atomic E-state index is 11.6. The largest absolute Gasteiger partial charge is 0.393 e. The second-order valence-corrected chi connectivity index (χ2v) is 3.73. The Hall–Kier alpha value is -0.610. The number of nitrogens with zero attached hydrogens (tertiary/aromatic N) is 1. The predicted octanol–water partition coefficient (Wildman–Crippen LogP) is 0.396. The smallest absolute Gasteiger partial charge is 0.222 e. The monoisotopic (exact) mass is 201 g/mol. The third kappa shape index (κ3) is 4.07. The molecule has 0 aliphatic carbocycles. The van der Waals surface area contributed by atoms with Gasteiger partial charge in [-0.2, -0.15) is 0 Å². The summed E-state index contributed by atoms with van der Waals surface area (Å²) in [4.78, 5) is 13.4. The van der Waals surface area contributed by atoms with Crippen LogP contribution in [0.1, 0.15) is 26.2 Å². The molecule has 1 aliphatic heterocycles. The number of hydrogen-bond donors (Lipinski definition) is 1. The fourth-order valence-corrected chi connectivity index (χ4v) is 1.52. The summed E-state index contributed by atoms with van der Waals surface area (Å²) in [6.45, 7) is 4.49. The van der Waals surface area contributed by atoms with E-state index in [-0.39, 0.29) is 12.0 Å². The lowest BCUT2D eigenvalue weighted by Crippen LogP contribution is -2.40. The molecule has 0 unspecified atom stereocenters. The highest BCUT2D eigenvalue weighted by atomic mass is 16.5. The average Bonchev–Trinajstić information content (AvgIpc) is 2.18. The Balaban J connectivity index is 2.13. The number of aliphatic hydroxyl groups excluding tert-OH is 1. The second-order valence-electron chi connectivity index (χ2n) is 3.73. The molecule has 1 amide bonds. The highest BCUT2D eigenvalue weighted by Gasteiger charge is 2.15. The third-order valence-corrected chi connectivity index (χ3v) is 2.38. The first-order chi connectivity index (χ1) is 6.70. The highest BCUT2D eigenvalue weighted by molar-refractivity contribution is 5.76. The number of rotatable bonds is 4. The molecule has 0 radical (unpaired) electrons. The summed E-state index contributed by atoms with van der Waals surface area (Å²) < 4.78 is 5.16. The lowest BCUT2D eigenvalue weighted by molar-refractivity contribution is -0.135. The molecule has 1 saturated heterocycles. The van der Waals surface area contributed by atoms with E-state index in [1.807, 2.05) is 4.90 Å². The normalized spacial score (nSPS) is 19.4. The molecule has 0 aromatic heterocycles. The second kappa shape index (κ2) is 5.98. The van der Waals surface area contributed by atoms with E-state index in [1.54, 1.807) is 6.92 Å². The zero-order chi connectivity index (χ0) is 10.4. The minimum absolute atomic E-state index is 0.189. The van der Waals surface area contributed by atoms with Gasteiger partial charge < -0.3 is 14.7 Å². The number of hydrogen-bond acceptors (Lipinski definition) is 3. The molecule has 1 aliphatic rings. The van der Waals surface area contributed by atoms with Crippen molar-refractivity contribution in [3.05, 3.63) is 0 Å². The van der Waals surface area contributed by atoms with Gasteiger partial charge in [0.05, 0.1) is 19.3 Å². The lowest BCUT2D eigenvalue weighted by Gasteiger charge is -2.26. The first-order valence-corrected chi connectivity index (χ1v) is 5.23. The van der Waals surface area contributed by atoms with Gasteiger partial charge in [0.1, 0.15) is 0 Å². The molecule has 1 fully saturated rings. The van der Waals surface area contributed by atoms with Crippen molar-refractivity contribution in [2.45, 2.75) is 32.3 Å². The van der Waals surface area contributed by atoms with E-state index >= 15 is 0 Å². The SMILES string of the molecule is C[C@@H](O)CCCC(=O)N1CCOCC1. The Morgan fingerprint density at radius 2 is 2.14 bits per heavy atom. The van der Waals surface area contributed by atoms with Crippen molar-refractivity contribution >= 4 is 5.91 Å². The molecular formula is C10H19NO3. The molecule has 0 aromatic rings. The molecule has 0 bridgehead atoms. The van der Waals surface area contributed by atoms with Gasteiger partial charge in [-0.15, -0.1) is 0 Å². The molecule has 1 N–H and O–H groups in total. The minimum Gasteiger partial charge on any atom is -0.393 e. The zero-order valence-corrected chi connectivity index (χ0v) is 8.74. The van der Waals surface area contributed by atoms with Crippen molar-refractivity contribution < 1.29 is 14.6 Å². The summed E-state index contributed by atoms with van der Waals surface area (Å²) in [6.07, 6.45) is 1.72. The van der Waals surface area contributed by atoms with Crippen LogP contribution in [-0.2, 0) is 9.53 Å². The molecule has 0 spiro atoms. The Morgan fingerprint density at radius 1 is 1.50 bits per heavy atom. The molecular weight excluding hydrogens is 182 g/mol. The first kappa shape index (κ1) is 11.5. The molecule has 4 heteroatoms. The van der Waals surface area contributed by atoms with E-state index in [2.05, 4.69) is 0 Å². The Bertz CT molecular complexity index is 176. The molecule has 0 aromatic carbocycles. The summed E-state index contributed by atoms with van der Waals surface area (Å²) in [5, 5.41) is 9.03. The Morgan fingerprint density at radius 3 is 2.71 bits per heavy atom. The highest BCUT2D eigenvalue weighted by Crippen LogP contribution is 2.05. The van der Waals surface area contributed by atoms with Gasteiger partial charge in [0.15, 0.2) is 0 Å². The van der Waals surface area contributed by atoms with Crippen molar-refractivity contribution in [2.24, 2.45) is 0 Å². The van der Waals surface area contributed by atoms with Crippen LogP contribution >= 0.6 is 0 Å². The van der Waals surface area contributed by atoms with E-state index in [4.69, 9.17) is 9.84 Å². The standard InChI is InChI=1S/C10H19NO3/c1-9(12)3-2-4-10(13)11-5-7-14-8-6-11/h9,12H,2-8H2,1H3/t9-/m1/s1. The summed E-state index contributed by atoms with van der Waals surface area (Å²) in [5.41, 5.74) is 0. The van der Waals surface area contributed by atoms with Gasteiger partial charge in [-0.1, -0.05) is 0 Å². The van der Waals surface area contributed by atoms with E-state index in [0.717, 1.165) is 6.42 Å². The predicted molar refractivity (Wildman–Crippen MR) is 52.9 cm³/mol. The van der Waals surface area contributed by atoms with Crippen LogP contribution in [0.3, 0.4) is 0 Å². The van der Waals surface area contributed by atoms with Crippen LogP contribution in [-0.4, -0.2) is 48.3 Å². The number of morpholine rings is 1. The fourth-order valence-electron chi connectivity index (χ4n) is 1.52. The minimum atomic E-state index is -0.299. The molecule has 1 atom stereocenters. The molecule has 4 nitrogen and oxygen atoms in total. The van der Waals surface area contributed by atoms with Gasteiger partial charge in [-0.05, 0) is 19.8 Å². The molecule has 1 rings (SSSR count). The van der Waals surface area contributed by atoms with Crippen LogP contribution in [0.15, 0.2) is 0 Å². The summed E-state index contributed by atoms with van der Waals surface area (Å²) in [7, 11) is 0. The summed E-state index contributed by atoms with van der Waals surface area (Å²) in [5.74, 6) is 0.189. The van der Waals surface area contributed by atoms with Gasteiger partial charge in [0.2, 0.25) is 5.91 Å².